The molecule has 1 N–H and O–H groups in total. The van der Waals surface area contributed by atoms with Crippen molar-refractivity contribution in [1.29, 1.82) is 0 Å². The van der Waals surface area contributed by atoms with Crippen LogP contribution in [0.2, 0.25) is 0 Å². The van der Waals surface area contributed by atoms with Crippen molar-refractivity contribution >= 4 is 11.6 Å². The summed E-state index contributed by atoms with van der Waals surface area (Å²) in [4.78, 5) is 14.0. The summed E-state index contributed by atoms with van der Waals surface area (Å²) >= 11 is 0. The van der Waals surface area contributed by atoms with E-state index < -0.39 is 0 Å². The van der Waals surface area contributed by atoms with Gasteiger partial charge in [-0.1, -0.05) is 44.2 Å². The summed E-state index contributed by atoms with van der Waals surface area (Å²) in [6, 6.07) is 8.54. The SMILES string of the molecule is CN(C)c1ccc(CCNC(=O)CCC2CCCCC2)cc1. The number of benzene rings is 1. The lowest BCUT2D eigenvalue weighted by molar-refractivity contribution is -0.121. The third kappa shape index (κ3) is 5.70. The third-order valence-corrected chi connectivity index (χ3v) is 4.69. The van der Waals surface area contributed by atoms with E-state index in [4.69, 9.17) is 0 Å². The number of carbonyl (C=O) groups excluding carboxylic acids is 1. The second-order valence-corrected chi connectivity index (χ2v) is 6.70. The first-order chi connectivity index (χ1) is 10.6. The van der Waals surface area contributed by atoms with Crippen LogP contribution in [-0.4, -0.2) is 26.5 Å². The van der Waals surface area contributed by atoms with E-state index in [1.807, 2.05) is 14.1 Å². The van der Waals surface area contributed by atoms with Crippen LogP contribution in [0.4, 0.5) is 5.69 Å². The average molecular weight is 302 g/mol. The molecule has 122 valence electrons. The van der Waals surface area contributed by atoms with Gasteiger partial charge in [0.05, 0.1) is 0 Å². The lowest BCUT2D eigenvalue weighted by atomic mass is 9.86. The number of nitrogens with one attached hydrogen (secondary N) is 1. The molecule has 0 aliphatic heterocycles. The van der Waals surface area contributed by atoms with Gasteiger partial charge in [0.2, 0.25) is 5.91 Å². The van der Waals surface area contributed by atoms with Crippen molar-refractivity contribution in [1.82, 2.24) is 5.32 Å². The molecule has 0 unspecified atom stereocenters. The maximum atomic E-state index is 11.9. The van der Waals surface area contributed by atoms with E-state index in [9.17, 15) is 4.79 Å². The number of nitrogens with zero attached hydrogens (tertiary/aromatic N) is 1. The highest BCUT2D eigenvalue weighted by Gasteiger charge is 2.14. The normalized spacial score (nSPS) is 15.5. The van der Waals surface area contributed by atoms with Crippen molar-refractivity contribution in [2.24, 2.45) is 5.92 Å². The smallest absolute Gasteiger partial charge is 0.220 e. The van der Waals surface area contributed by atoms with E-state index in [0.29, 0.717) is 6.42 Å². The van der Waals surface area contributed by atoms with Gasteiger partial charge in [0.25, 0.3) is 0 Å². The summed E-state index contributed by atoms with van der Waals surface area (Å²) in [7, 11) is 4.09. The summed E-state index contributed by atoms with van der Waals surface area (Å²) < 4.78 is 0. The van der Waals surface area contributed by atoms with Gasteiger partial charge in [-0.25, -0.2) is 0 Å². The van der Waals surface area contributed by atoms with Gasteiger partial charge in [-0.2, -0.15) is 0 Å². The minimum absolute atomic E-state index is 0.218. The summed E-state index contributed by atoms with van der Waals surface area (Å²) in [5, 5.41) is 3.06. The van der Waals surface area contributed by atoms with Gasteiger partial charge in [0, 0.05) is 32.7 Å². The van der Waals surface area contributed by atoms with Crippen LogP contribution < -0.4 is 10.2 Å². The molecule has 1 saturated carbocycles. The predicted octanol–water partition coefficient (Wildman–Crippen LogP) is 3.77. The Balaban J connectivity index is 1.61. The van der Waals surface area contributed by atoms with Crippen molar-refractivity contribution in [3.63, 3.8) is 0 Å². The molecule has 0 atom stereocenters. The van der Waals surface area contributed by atoms with Crippen molar-refractivity contribution in [3.05, 3.63) is 29.8 Å². The van der Waals surface area contributed by atoms with Gasteiger partial charge in [0.1, 0.15) is 0 Å². The van der Waals surface area contributed by atoms with E-state index in [1.165, 1.54) is 43.4 Å². The molecule has 3 heteroatoms. The molecule has 0 bridgehead atoms. The highest BCUT2D eigenvalue weighted by Crippen LogP contribution is 2.27. The molecule has 0 saturated heterocycles. The van der Waals surface area contributed by atoms with Crippen LogP contribution >= 0.6 is 0 Å². The second kappa shape index (κ2) is 8.82. The van der Waals surface area contributed by atoms with Crippen LogP contribution in [0.5, 0.6) is 0 Å². The van der Waals surface area contributed by atoms with E-state index in [2.05, 4.69) is 34.5 Å². The fourth-order valence-electron chi connectivity index (χ4n) is 3.21. The minimum atomic E-state index is 0.218. The lowest BCUT2D eigenvalue weighted by Gasteiger charge is -2.21. The molecule has 0 spiro atoms. The first-order valence-corrected chi connectivity index (χ1v) is 8.68. The van der Waals surface area contributed by atoms with Gasteiger partial charge in [0.15, 0.2) is 0 Å². The molecular weight excluding hydrogens is 272 g/mol. The van der Waals surface area contributed by atoms with E-state index >= 15 is 0 Å². The van der Waals surface area contributed by atoms with Gasteiger partial charge in [-0.05, 0) is 36.5 Å². The molecule has 1 aromatic carbocycles. The van der Waals surface area contributed by atoms with Crippen LogP contribution in [0.1, 0.15) is 50.5 Å². The van der Waals surface area contributed by atoms with E-state index in [0.717, 1.165) is 25.3 Å². The molecule has 1 aliphatic carbocycles. The standard InChI is InChI=1S/C19H30N2O/c1-21(2)18-11-8-17(9-12-18)14-15-20-19(22)13-10-16-6-4-3-5-7-16/h8-9,11-12,16H,3-7,10,13-15H2,1-2H3,(H,20,22). The van der Waals surface area contributed by atoms with Crippen molar-refractivity contribution in [2.45, 2.75) is 51.4 Å². The highest BCUT2D eigenvalue weighted by atomic mass is 16.1. The summed E-state index contributed by atoms with van der Waals surface area (Å²) in [5.41, 5.74) is 2.48. The monoisotopic (exact) mass is 302 g/mol. The third-order valence-electron chi connectivity index (χ3n) is 4.69. The summed E-state index contributed by atoms with van der Waals surface area (Å²) in [6.45, 7) is 0.741. The number of carbonyl (C=O) groups is 1. The maximum absolute atomic E-state index is 11.9. The first kappa shape index (κ1) is 16.9. The average Bonchev–Trinajstić information content (AvgIpc) is 2.54. The molecule has 22 heavy (non-hydrogen) atoms. The largest absolute Gasteiger partial charge is 0.378 e. The zero-order valence-electron chi connectivity index (χ0n) is 14.1. The van der Waals surface area contributed by atoms with E-state index in [1.54, 1.807) is 0 Å². The lowest BCUT2D eigenvalue weighted by Crippen LogP contribution is -2.26. The zero-order valence-corrected chi connectivity index (χ0v) is 14.1. The summed E-state index contributed by atoms with van der Waals surface area (Å²) in [6.07, 6.45) is 9.42. The van der Waals surface area contributed by atoms with Gasteiger partial charge in [-0.15, -0.1) is 0 Å². The van der Waals surface area contributed by atoms with Crippen LogP contribution in [0.25, 0.3) is 0 Å². The number of hydrogen-bond acceptors (Lipinski definition) is 2. The zero-order chi connectivity index (χ0) is 15.8. The van der Waals surface area contributed by atoms with Crippen molar-refractivity contribution in [2.75, 3.05) is 25.5 Å². The molecule has 0 heterocycles. The van der Waals surface area contributed by atoms with Gasteiger partial charge < -0.3 is 10.2 Å². The molecule has 1 fully saturated rings. The Morgan fingerprint density at radius 1 is 1.14 bits per heavy atom. The Morgan fingerprint density at radius 2 is 1.82 bits per heavy atom. The van der Waals surface area contributed by atoms with E-state index in [-0.39, 0.29) is 5.91 Å². The van der Waals surface area contributed by atoms with Crippen molar-refractivity contribution in [3.8, 4) is 0 Å². The molecule has 1 aromatic rings. The molecule has 1 amide bonds. The Labute approximate surface area is 135 Å². The summed E-state index contributed by atoms with van der Waals surface area (Å²) in [5.74, 6) is 1.01. The number of amides is 1. The van der Waals surface area contributed by atoms with Crippen LogP contribution in [0.3, 0.4) is 0 Å². The number of hydrogen-bond donors (Lipinski definition) is 1. The van der Waals surface area contributed by atoms with Crippen LogP contribution in [0.15, 0.2) is 24.3 Å². The molecule has 0 aromatic heterocycles. The molecule has 3 nitrogen and oxygen atoms in total. The Morgan fingerprint density at radius 3 is 2.45 bits per heavy atom. The van der Waals surface area contributed by atoms with Crippen LogP contribution in [0, 0.1) is 5.92 Å². The quantitative estimate of drug-likeness (QED) is 0.831. The fourth-order valence-corrected chi connectivity index (χ4v) is 3.21. The molecule has 2 rings (SSSR count). The second-order valence-electron chi connectivity index (χ2n) is 6.70. The van der Waals surface area contributed by atoms with Crippen molar-refractivity contribution < 1.29 is 4.79 Å². The topological polar surface area (TPSA) is 32.3 Å². The Hall–Kier alpha value is -1.51. The molecule has 0 radical (unpaired) electrons. The number of anilines is 1. The Bertz CT molecular complexity index is 447. The minimum Gasteiger partial charge on any atom is -0.378 e. The van der Waals surface area contributed by atoms with Crippen LogP contribution in [-0.2, 0) is 11.2 Å². The maximum Gasteiger partial charge on any atom is 0.220 e. The van der Waals surface area contributed by atoms with Gasteiger partial charge >= 0.3 is 0 Å². The molecule has 1 aliphatic rings. The number of rotatable bonds is 7. The highest BCUT2D eigenvalue weighted by molar-refractivity contribution is 5.75. The molecular formula is C19H30N2O. The predicted molar refractivity (Wildman–Crippen MR) is 93.3 cm³/mol. The Kier molecular flexibility index (Phi) is 6.75. The first-order valence-electron chi connectivity index (χ1n) is 8.68. The van der Waals surface area contributed by atoms with Gasteiger partial charge in [-0.3, -0.25) is 4.79 Å². The fraction of sp³-hybridized carbons (Fsp3) is 0.632.